The first-order valence-electron chi connectivity index (χ1n) is 4.06. The van der Waals surface area contributed by atoms with E-state index in [9.17, 15) is 0 Å². The number of hydrogen-bond donors (Lipinski definition) is 0. The van der Waals surface area contributed by atoms with Gasteiger partial charge in [0.05, 0.1) is 11.6 Å². The van der Waals surface area contributed by atoms with Gasteiger partial charge in [0.2, 0.25) is 0 Å². The SMILES string of the molecule is N#Cc1cccc2c1C[N]CC2. The van der Waals surface area contributed by atoms with Crippen molar-refractivity contribution in [1.82, 2.24) is 5.32 Å². The van der Waals surface area contributed by atoms with Gasteiger partial charge in [0.1, 0.15) is 0 Å². The highest BCUT2D eigenvalue weighted by Gasteiger charge is 2.11. The average Bonchev–Trinajstić information content (AvgIpc) is 2.17. The van der Waals surface area contributed by atoms with E-state index >= 15 is 0 Å². The molecule has 1 aliphatic rings. The first kappa shape index (κ1) is 7.33. The molecule has 2 nitrogen and oxygen atoms in total. The molecule has 0 unspecified atom stereocenters. The van der Waals surface area contributed by atoms with Gasteiger partial charge in [-0.3, -0.25) is 0 Å². The molecule has 1 aliphatic heterocycles. The Morgan fingerprint density at radius 2 is 2.33 bits per heavy atom. The first-order valence-corrected chi connectivity index (χ1v) is 4.06. The largest absolute Gasteiger partial charge is 0.237 e. The number of nitriles is 1. The number of benzene rings is 1. The smallest absolute Gasteiger partial charge is 0.0995 e. The number of fused-ring (bicyclic) bond motifs is 1. The van der Waals surface area contributed by atoms with Crippen LogP contribution in [0.1, 0.15) is 16.7 Å². The van der Waals surface area contributed by atoms with Gasteiger partial charge in [-0.15, -0.1) is 0 Å². The summed E-state index contributed by atoms with van der Waals surface area (Å²) in [4.78, 5) is 0. The van der Waals surface area contributed by atoms with Gasteiger partial charge in [-0.05, 0) is 23.6 Å². The second-order valence-electron chi connectivity index (χ2n) is 2.91. The predicted octanol–water partition coefficient (Wildman–Crippen LogP) is 1.22. The zero-order valence-corrected chi connectivity index (χ0v) is 6.75. The molecule has 1 aromatic carbocycles. The number of nitrogens with zero attached hydrogens (tertiary/aromatic N) is 2. The summed E-state index contributed by atoms with van der Waals surface area (Å²) in [5, 5.41) is 13.1. The van der Waals surface area contributed by atoms with Crippen molar-refractivity contribution in [3.05, 3.63) is 34.9 Å². The fourth-order valence-electron chi connectivity index (χ4n) is 1.55. The summed E-state index contributed by atoms with van der Waals surface area (Å²) < 4.78 is 0. The molecular weight excluding hydrogens is 148 g/mol. The maximum Gasteiger partial charge on any atom is 0.0995 e. The second kappa shape index (κ2) is 2.96. The third kappa shape index (κ3) is 1.09. The Hall–Kier alpha value is -1.33. The van der Waals surface area contributed by atoms with Crippen LogP contribution in [0.25, 0.3) is 0 Å². The average molecular weight is 157 g/mol. The lowest BCUT2D eigenvalue weighted by Gasteiger charge is -2.15. The molecule has 0 saturated heterocycles. The van der Waals surface area contributed by atoms with E-state index in [1.54, 1.807) is 0 Å². The molecule has 2 heteroatoms. The second-order valence-corrected chi connectivity index (χ2v) is 2.91. The molecule has 1 radical (unpaired) electrons. The van der Waals surface area contributed by atoms with Crippen molar-refractivity contribution < 1.29 is 0 Å². The van der Waals surface area contributed by atoms with Crippen LogP contribution in [0, 0.1) is 11.3 Å². The Morgan fingerprint density at radius 1 is 1.42 bits per heavy atom. The van der Waals surface area contributed by atoms with Crippen molar-refractivity contribution in [2.45, 2.75) is 13.0 Å². The zero-order chi connectivity index (χ0) is 8.39. The van der Waals surface area contributed by atoms with Crippen molar-refractivity contribution in [1.29, 1.82) is 5.26 Å². The van der Waals surface area contributed by atoms with Crippen molar-refractivity contribution >= 4 is 0 Å². The van der Waals surface area contributed by atoms with E-state index in [1.165, 1.54) is 5.56 Å². The Morgan fingerprint density at radius 3 is 3.17 bits per heavy atom. The lowest BCUT2D eigenvalue weighted by molar-refractivity contribution is 0.629. The molecule has 0 aromatic heterocycles. The maximum atomic E-state index is 8.80. The summed E-state index contributed by atoms with van der Waals surface area (Å²) in [5.74, 6) is 0. The van der Waals surface area contributed by atoms with Gasteiger partial charge in [0.15, 0.2) is 0 Å². The molecule has 0 spiro atoms. The summed E-state index contributed by atoms with van der Waals surface area (Å²) in [6.07, 6.45) is 0.991. The van der Waals surface area contributed by atoms with E-state index in [-0.39, 0.29) is 0 Å². The summed E-state index contributed by atoms with van der Waals surface area (Å²) >= 11 is 0. The van der Waals surface area contributed by atoms with Crippen molar-refractivity contribution in [2.24, 2.45) is 0 Å². The molecule has 2 rings (SSSR count). The molecule has 0 saturated carbocycles. The molecule has 0 N–H and O–H groups in total. The third-order valence-electron chi connectivity index (χ3n) is 2.20. The normalized spacial score (nSPS) is 14.9. The molecule has 0 fully saturated rings. The standard InChI is InChI=1S/C10H9N2/c11-6-9-3-1-2-8-4-5-12-7-10(8)9/h1-3H,4-5,7H2. The summed E-state index contributed by atoms with van der Waals surface area (Å²) in [6.45, 7) is 1.63. The van der Waals surface area contributed by atoms with Gasteiger partial charge in [-0.1, -0.05) is 12.1 Å². The van der Waals surface area contributed by atoms with Crippen molar-refractivity contribution in [3.63, 3.8) is 0 Å². The molecule has 59 valence electrons. The molecule has 0 amide bonds. The summed E-state index contributed by atoms with van der Waals surface area (Å²) in [7, 11) is 0. The lowest BCUT2D eigenvalue weighted by Crippen LogP contribution is -2.18. The van der Waals surface area contributed by atoms with Crippen LogP contribution in [-0.2, 0) is 13.0 Å². The molecule has 12 heavy (non-hydrogen) atoms. The van der Waals surface area contributed by atoms with Crippen LogP contribution in [0.2, 0.25) is 0 Å². The van der Waals surface area contributed by atoms with Crippen molar-refractivity contribution in [2.75, 3.05) is 6.54 Å². The molecule has 0 atom stereocenters. The lowest BCUT2D eigenvalue weighted by atomic mass is 9.97. The highest BCUT2D eigenvalue weighted by atomic mass is 14.9. The summed E-state index contributed by atoms with van der Waals surface area (Å²) in [6, 6.07) is 8.09. The summed E-state index contributed by atoms with van der Waals surface area (Å²) in [5.41, 5.74) is 3.21. The van der Waals surface area contributed by atoms with E-state index in [2.05, 4.69) is 17.5 Å². The van der Waals surface area contributed by atoms with E-state index in [0.717, 1.165) is 30.6 Å². The molecule has 0 bridgehead atoms. The van der Waals surface area contributed by atoms with E-state index < -0.39 is 0 Å². The molecule has 1 heterocycles. The Labute approximate surface area is 71.8 Å². The maximum absolute atomic E-state index is 8.80. The van der Waals surface area contributed by atoms with Crippen LogP contribution < -0.4 is 5.32 Å². The minimum absolute atomic E-state index is 0.721. The van der Waals surface area contributed by atoms with Gasteiger partial charge in [0, 0.05) is 13.1 Å². The Balaban J connectivity index is 2.53. The zero-order valence-electron chi connectivity index (χ0n) is 6.75. The Kier molecular flexibility index (Phi) is 1.81. The van der Waals surface area contributed by atoms with Crippen LogP contribution >= 0.6 is 0 Å². The van der Waals surface area contributed by atoms with E-state index in [1.807, 2.05) is 12.1 Å². The molecular formula is C10H9N2. The topological polar surface area (TPSA) is 37.9 Å². The minimum Gasteiger partial charge on any atom is -0.237 e. The van der Waals surface area contributed by atoms with Crippen molar-refractivity contribution in [3.8, 4) is 6.07 Å². The highest BCUT2D eigenvalue weighted by molar-refractivity contribution is 5.43. The van der Waals surface area contributed by atoms with Gasteiger partial charge in [-0.2, -0.15) is 5.26 Å². The molecule has 1 aromatic rings. The van der Waals surface area contributed by atoms with Crippen LogP contribution in [-0.4, -0.2) is 6.54 Å². The minimum atomic E-state index is 0.721. The fourth-order valence-corrected chi connectivity index (χ4v) is 1.55. The molecule has 0 aliphatic carbocycles. The fraction of sp³-hybridized carbons (Fsp3) is 0.300. The monoisotopic (exact) mass is 157 g/mol. The predicted molar refractivity (Wildman–Crippen MR) is 45.6 cm³/mol. The van der Waals surface area contributed by atoms with Gasteiger partial charge < -0.3 is 0 Å². The third-order valence-corrected chi connectivity index (χ3v) is 2.20. The van der Waals surface area contributed by atoms with Crippen LogP contribution in [0.3, 0.4) is 0 Å². The van der Waals surface area contributed by atoms with Crippen LogP contribution in [0.4, 0.5) is 0 Å². The number of hydrogen-bond acceptors (Lipinski definition) is 1. The van der Waals surface area contributed by atoms with E-state index in [0.29, 0.717) is 0 Å². The van der Waals surface area contributed by atoms with Crippen LogP contribution in [0.5, 0.6) is 0 Å². The van der Waals surface area contributed by atoms with Gasteiger partial charge in [0.25, 0.3) is 0 Å². The van der Waals surface area contributed by atoms with Gasteiger partial charge in [-0.25, -0.2) is 5.32 Å². The Bertz CT molecular complexity index is 336. The van der Waals surface area contributed by atoms with E-state index in [4.69, 9.17) is 5.26 Å². The quantitative estimate of drug-likeness (QED) is 0.558. The first-order chi connectivity index (χ1) is 5.92. The number of rotatable bonds is 0. The van der Waals surface area contributed by atoms with Gasteiger partial charge >= 0.3 is 0 Å². The van der Waals surface area contributed by atoms with Crippen LogP contribution in [0.15, 0.2) is 18.2 Å². The highest BCUT2D eigenvalue weighted by Crippen LogP contribution is 2.17.